The van der Waals surface area contributed by atoms with E-state index >= 15 is 0 Å². The Morgan fingerprint density at radius 1 is 1.14 bits per heavy atom. The second-order valence-electron chi connectivity index (χ2n) is 8.47. The van der Waals surface area contributed by atoms with E-state index in [1.165, 1.54) is 30.5 Å². The minimum Gasteiger partial charge on any atom is -0.455 e. The molecule has 0 unspecified atom stereocenters. The van der Waals surface area contributed by atoms with E-state index in [0.717, 1.165) is 0 Å². The van der Waals surface area contributed by atoms with E-state index in [1.807, 2.05) is 13.8 Å². The highest BCUT2D eigenvalue weighted by atomic mass is 35.5. The molecule has 0 radical (unpaired) electrons. The fraction of sp³-hybridized carbons (Fsp3) is 0.240. The third-order valence-electron chi connectivity index (χ3n) is 5.18. The maximum absolute atomic E-state index is 12.8. The van der Waals surface area contributed by atoms with Crippen molar-refractivity contribution >= 4 is 46.9 Å². The number of non-ortho nitro benzene ring substituents is 1. The third kappa shape index (κ3) is 6.93. The van der Waals surface area contributed by atoms with E-state index in [0.29, 0.717) is 34.1 Å². The summed E-state index contributed by atoms with van der Waals surface area (Å²) in [6.07, 6.45) is 1.70. The minimum atomic E-state index is -0.851. The summed E-state index contributed by atoms with van der Waals surface area (Å²) in [6.45, 7) is 5.60. The molecule has 0 saturated heterocycles. The molecule has 0 bridgehead atoms. The number of hydrogen-bond acceptors (Lipinski definition) is 6. The number of furan rings is 1. The number of hydrogen-bond donors (Lipinski definition) is 2. The maximum Gasteiger partial charge on any atom is 0.269 e. The molecule has 1 aromatic heterocycles. The minimum absolute atomic E-state index is 0.00585. The molecule has 0 spiro atoms. The van der Waals surface area contributed by atoms with Gasteiger partial charge < -0.3 is 9.73 Å². The Kier molecular flexibility index (Phi) is 8.84. The Labute approximate surface area is 217 Å². The molecule has 0 aliphatic carbocycles. The predicted molar refractivity (Wildman–Crippen MR) is 138 cm³/mol. The zero-order valence-electron chi connectivity index (χ0n) is 19.7. The number of nitrogens with zero attached hydrogens (tertiary/aromatic N) is 2. The van der Waals surface area contributed by atoms with Gasteiger partial charge in [-0.1, -0.05) is 37.0 Å². The van der Waals surface area contributed by atoms with Crippen molar-refractivity contribution < 1.29 is 18.9 Å². The van der Waals surface area contributed by atoms with E-state index in [9.17, 15) is 19.7 Å². The molecule has 2 amide bonds. The molecule has 2 N–H and O–H groups in total. The van der Waals surface area contributed by atoms with Crippen LogP contribution in [-0.2, 0) is 4.79 Å². The number of nitro benzene ring substituents is 1. The number of benzene rings is 2. The highest BCUT2D eigenvalue weighted by molar-refractivity contribution is 6.36. The first-order valence-corrected chi connectivity index (χ1v) is 11.7. The zero-order valence-corrected chi connectivity index (χ0v) is 21.3. The van der Waals surface area contributed by atoms with Gasteiger partial charge in [-0.05, 0) is 61.2 Å². The normalized spacial score (nSPS) is 12.1. The lowest BCUT2D eigenvalue weighted by molar-refractivity contribution is -0.384. The number of halogens is 2. The number of nitrogens with one attached hydrogen (secondary N) is 2. The van der Waals surface area contributed by atoms with Crippen LogP contribution in [0.1, 0.15) is 41.9 Å². The van der Waals surface area contributed by atoms with Crippen molar-refractivity contribution in [2.24, 2.45) is 11.0 Å². The van der Waals surface area contributed by atoms with Crippen molar-refractivity contribution in [3.05, 3.63) is 85.6 Å². The molecular formula is C25H24Cl2N4O5. The molecule has 1 atom stereocenters. The SMILES string of the molecule is Cc1cc([N+](=O)[O-])ccc1-c1ccc(/C=N/NC(=O)[C@H](CC(C)C)NC(=O)c2ccc(Cl)cc2Cl)o1. The molecule has 0 aliphatic rings. The Morgan fingerprint density at radius 3 is 2.53 bits per heavy atom. The molecule has 3 rings (SSSR count). The van der Waals surface area contributed by atoms with Gasteiger partial charge in [0.2, 0.25) is 0 Å². The van der Waals surface area contributed by atoms with E-state index in [2.05, 4.69) is 15.8 Å². The van der Waals surface area contributed by atoms with Crippen LogP contribution in [0.3, 0.4) is 0 Å². The first kappa shape index (κ1) is 26.9. The van der Waals surface area contributed by atoms with E-state index in [4.69, 9.17) is 27.6 Å². The molecule has 3 aromatic rings. The summed E-state index contributed by atoms with van der Waals surface area (Å²) >= 11 is 12.0. The summed E-state index contributed by atoms with van der Waals surface area (Å²) in [6, 6.07) is 11.5. The van der Waals surface area contributed by atoms with Crippen molar-refractivity contribution in [1.29, 1.82) is 0 Å². The lowest BCUT2D eigenvalue weighted by Gasteiger charge is -2.19. The third-order valence-corrected chi connectivity index (χ3v) is 5.73. The number of hydrazone groups is 1. The molecule has 36 heavy (non-hydrogen) atoms. The molecule has 0 fully saturated rings. The van der Waals surface area contributed by atoms with Crippen molar-refractivity contribution in [2.75, 3.05) is 0 Å². The number of carbonyl (C=O) groups is 2. The molecule has 2 aromatic carbocycles. The van der Waals surface area contributed by atoms with Crippen LogP contribution in [-0.4, -0.2) is 29.0 Å². The largest absolute Gasteiger partial charge is 0.455 e. The van der Waals surface area contributed by atoms with Crippen LogP contribution in [0.15, 0.2) is 58.0 Å². The maximum atomic E-state index is 12.8. The Balaban J connectivity index is 1.67. The highest BCUT2D eigenvalue weighted by Gasteiger charge is 2.23. The lowest BCUT2D eigenvalue weighted by atomic mass is 10.0. The van der Waals surface area contributed by atoms with Crippen LogP contribution < -0.4 is 10.7 Å². The number of carbonyl (C=O) groups excluding carboxylic acids is 2. The molecule has 0 saturated carbocycles. The fourth-order valence-electron chi connectivity index (χ4n) is 3.45. The zero-order chi connectivity index (χ0) is 26.4. The van der Waals surface area contributed by atoms with Crippen molar-refractivity contribution in [3.63, 3.8) is 0 Å². The molecule has 9 nitrogen and oxygen atoms in total. The van der Waals surface area contributed by atoms with Crippen LogP contribution >= 0.6 is 23.2 Å². The van der Waals surface area contributed by atoms with Gasteiger partial charge in [-0.25, -0.2) is 5.43 Å². The van der Waals surface area contributed by atoms with Gasteiger partial charge in [-0.2, -0.15) is 5.10 Å². The van der Waals surface area contributed by atoms with Crippen LogP contribution in [0.5, 0.6) is 0 Å². The van der Waals surface area contributed by atoms with Gasteiger partial charge >= 0.3 is 0 Å². The summed E-state index contributed by atoms with van der Waals surface area (Å²) in [5.41, 5.74) is 4.01. The number of nitro groups is 1. The summed E-state index contributed by atoms with van der Waals surface area (Å²) in [7, 11) is 0. The van der Waals surface area contributed by atoms with Gasteiger partial charge in [-0.3, -0.25) is 19.7 Å². The number of amides is 2. The fourth-order valence-corrected chi connectivity index (χ4v) is 3.95. The summed E-state index contributed by atoms with van der Waals surface area (Å²) in [4.78, 5) is 35.9. The molecule has 188 valence electrons. The van der Waals surface area contributed by atoms with Crippen molar-refractivity contribution in [1.82, 2.24) is 10.7 Å². The summed E-state index contributed by atoms with van der Waals surface area (Å²) in [5, 5.41) is 18.2. The quantitative estimate of drug-likeness (QED) is 0.206. The van der Waals surface area contributed by atoms with Gasteiger partial charge in [-0.15, -0.1) is 0 Å². The Morgan fingerprint density at radius 2 is 1.89 bits per heavy atom. The van der Waals surface area contributed by atoms with Crippen molar-refractivity contribution in [2.45, 2.75) is 33.2 Å². The van der Waals surface area contributed by atoms with Crippen molar-refractivity contribution in [3.8, 4) is 11.3 Å². The lowest BCUT2D eigenvalue weighted by Crippen LogP contribution is -2.46. The Bertz CT molecular complexity index is 1320. The molecule has 11 heteroatoms. The Hall–Kier alpha value is -3.69. The highest BCUT2D eigenvalue weighted by Crippen LogP contribution is 2.28. The van der Waals surface area contributed by atoms with E-state index < -0.39 is 22.8 Å². The first-order valence-electron chi connectivity index (χ1n) is 11.0. The van der Waals surface area contributed by atoms with Gasteiger partial charge in [0, 0.05) is 22.7 Å². The van der Waals surface area contributed by atoms with Gasteiger partial charge in [0.05, 0.1) is 21.7 Å². The predicted octanol–water partition coefficient (Wildman–Crippen LogP) is 5.76. The monoisotopic (exact) mass is 530 g/mol. The number of aryl methyl sites for hydroxylation is 1. The molecular weight excluding hydrogens is 507 g/mol. The topological polar surface area (TPSA) is 127 Å². The number of rotatable bonds is 9. The first-order chi connectivity index (χ1) is 17.0. The smallest absolute Gasteiger partial charge is 0.269 e. The molecule has 1 heterocycles. The van der Waals surface area contributed by atoms with Crippen LogP contribution in [0.2, 0.25) is 10.0 Å². The van der Waals surface area contributed by atoms with E-state index in [-0.39, 0.29) is 22.2 Å². The van der Waals surface area contributed by atoms with Gasteiger partial charge in [0.1, 0.15) is 17.6 Å². The molecule has 0 aliphatic heterocycles. The van der Waals surface area contributed by atoms with Crippen LogP contribution in [0.4, 0.5) is 5.69 Å². The van der Waals surface area contributed by atoms with Crippen LogP contribution in [0.25, 0.3) is 11.3 Å². The standard InChI is InChI=1S/C25H24Cl2N4O5/c1-14(2)10-22(29-24(32)20-7-4-16(26)12-21(20)27)25(33)30-28-13-18-6-9-23(36-18)19-8-5-17(31(34)35)11-15(19)3/h4-9,11-14,22H,10H2,1-3H3,(H,29,32)(H,30,33)/b28-13+/t22-/m0/s1. The second-order valence-corrected chi connectivity index (χ2v) is 9.32. The summed E-state index contributed by atoms with van der Waals surface area (Å²) < 4.78 is 5.74. The van der Waals surface area contributed by atoms with Gasteiger partial charge in [0.15, 0.2) is 0 Å². The second kappa shape index (κ2) is 11.8. The van der Waals surface area contributed by atoms with Gasteiger partial charge in [0.25, 0.3) is 17.5 Å². The van der Waals surface area contributed by atoms with Crippen LogP contribution in [0, 0.1) is 23.0 Å². The average Bonchev–Trinajstić information content (AvgIpc) is 3.26. The van der Waals surface area contributed by atoms with E-state index in [1.54, 1.807) is 31.2 Å². The summed E-state index contributed by atoms with van der Waals surface area (Å²) in [5.74, 6) is -0.0318. The average molecular weight is 531 g/mol.